The minimum atomic E-state index is -0.945. The van der Waals surface area contributed by atoms with E-state index in [4.69, 9.17) is 14.2 Å². The van der Waals surface area contributed by atoms with E-state index in [1.807, 2.05) is 30.3 Å². The molecule has 2 aromatic carbocycles. The number of aliphatic hydroxyl groups excluding tert-OH is 1. The van der Waals surface area contributed by atoms with Crippen LogP contribution in [0.5, 0.6) is 11.5 Å². The van der Waals surface area contributed by atoms with Crippen LogP contribution in [0.2, 0.25) is 0 Å². The van der Waals surface area contributed by atoms with Gasteiger partial charge in [0, 0.05) is 6.08 Å². The van der Waals surface area contributed by atoms with Crippen molar-refractivity contribution >= 4 is 12.0 Å². The van der Waals surface area contributed by atoms with Crippen LogP contribution in [0.4, 0.5) is 0 Å². The Kier molecular flexibility index (Phi) is 6.40. The van der Waals surface area contributed by atoms with Crippen molar-refractivity contribution < 1.29 is 24.1 Å². The molecule has 0 aliphatic rings. The Labute approximate surface area is 141 Å². The lowest BCUT2D eigenvalue weighted by atomic mass is 10.1. The third kappa shape index (κ3) is 4.86. The molecular weight excluding hydrogens is 308 g/mol. The molecule has 5 nitrogen and oxygen atoms in total. The van der Waals surface area contributed by atoms with Crippen LogP contribution in [-0.4, -0.2) is 31.9 Å². The van der Waals surface area contributed by atoms with Crippen LogP contribution in [0.1, 0.15) is 17.2 Å². The van der Waals surface area contributed by atoms with Crippen molar-refractivity contribution in [3.63, 3.8) is 0 Å². The molecule has 1 atom stereocenters. The van der Waals surface area contributed by atoms with Gasteiger partial charge < -0.3 is 19.3 Å². The maximum Gasteiger partial charge on any atom is 0.330 e. The zero-order chi connectivity index (χ0) is 17.4. The maximum absolute atomic E-state index is 11.7. The first-order valence-corrected chi connectivity index (χ1v) is 7.44. The zero-order valence-electron chi connectivity index (χ0n) is 13.6. The van der Waals surface area contributed by atoms with Crippen molar-refractivity contribution in [2.45, 2.75) is 6.10 Å². The molecule has 0 bridgehead atoms. The third-order valence-electron chi connectivity index (χ3n) is 3.39. The van der Waals surface area contributed by atoms with E-state index in [1.165, 1.54) is 20.3 Å². The molecular formula is C19H20O5. The molecule has 0 amide bonds. The summed E-state index contributed by atoms with van der Waals surface area (Å²) in [5.41, 5.74) is 1.47. The van der Waals surface area contributed by atoms with E-state index in [1.54, 1.807) is 24.3 Å². The Morgan fingerprint density at radius 3 is 2.46 bits per heavy atom. The number of hydrogen-bond acceptors (Lipinski definition) is 5. The largest absolute Gasteiger partial charge is 0.493 e. The second-order valence-corrected chi connectivity index (χ2v) is 5.00. The molecule has 0 saturated carbocycles. The van der Waals surface area contributed by atoms with Gasteiger partial charge in [0.05, 0.1) is 14.2 Å². The van der Waals surface area contributed by atoms with Gasteiger partial charge >= 0.3 is 5.97 Å². The second kappa shape index (κ2) is 8.74. The summed E-state index contributed by atoms with van der Waals surface area (Å²) in [6.07, 6.45) is 2.04. The van der Waals surface area contributed by atoms with Gasteiger partial charge in [-0.05, 0) is 29.3 Å². The van der Waals surface area contributed by atoms with E-state index in [0.717, 1.165) is 5.56 Å². The lowest BCUT2D eigenvalue weighted by Crippen LogP contribution is -2.11. The number of esters is 1. The number of ether oxygens (including phenoxy) is 3. The monoisotopic (exact) mass is 328 g/mol. The van der Waals surface area contributed by atoms with Gasteiger partial charge in [-0.25, -0.2) is 4.79 Å². The van der Waals surface area contributed by atoms with Crippen molar-refractivity contribution in [2.24, 2.45) is 0 Å². The molecule has 5 heteroatoms. The Bertz CT molecular complexity index is 694. The van der Waals surface area contributed by atoms with Crippen LogP contribution in [0.3, 0.4) is 0 Å². The minimum absolute atomic E-state index is 0.145. The van der Waals surface area contributed by atoms with E-state index in [0.29, 0.717) is 17.1 Å². The highest BCUT2D eigenvalue weighted by Crippen LogP contribution is 2.30. The molecule has 0 radical (unpaired) electrons. The first kappa shape index (κ1) is 17.6. The quantitative estimate of drug-likeness (QED) is 0.625. The van der Waals surface area contributed by atoms with Crippen molar-refractivity contribution in [1.82, 2.24) is 0 Å². The fraction of sp³-hybridized carbons (Fsp3) is 0.211. The van der Waals surface area contributed by atoms with Crippen molar-refractivity contribution in [3.8, 4) is 11.5 Å². The summed E-state index contributed by atoms with van der Waals surface area (Å²) in [4.78, 5) is 11.7. The molecule has 24 heavy (non-hydrogen) atoms. The summed E-state index contributed by atoms with van der Waals surface area (Å²) in [6, 6.07) is 14.4. The highest BCUT2D eigenvalue weighted by molar-refractivity contribution is 5.87. The van der Waals surface area contributed by atoms with Gasteiger partial charge in [-0.15, -0.1) is 0 Å². The van der Waals surface area contributed by atoms with Crippen LogP contribution in [0.15, 0.2) is 54.6 Å². The highest BCUT2D eigenvalue weighted by atomic mass is 16.5. The van der Waals surface area contributed by atoms with E-state index in [-0.39, 0.29) is 6.61 Å². The molecule has 0 aliphatic heterocycles. The summed E-state index contributed by atoms with van der Waals surface area (Å²) < 4.78 is 15.4. The zero-order valence-corrected chi connectivity index (χ0v) is 13.6. The maximum atomic E-state index is 11.7. The van der Waals surface area contributed by atoms with Gasteiger partial charge in [0.2, 0.25) is 0 Å². The Morgan fingerprint density at radius 1 is 1.08 bits per heavy atom. The van der Waals surface area contributed by atoms with Crippen LogP contribution < -0.4 is 9.47 Å². The summed E-state index contributed by atoms with van der Waals surface area (Å²) in [5.74, 6) is 0.555. The number of aliphatic hydroxyl groups is 1. The predicted octanol–water partition coefficient (Wildman–Crippen LogP) is 2.99. The van der Waals surface area contributed by atoms with E-state index >= 15 is 0 Å². The SMILES string of the molecule is COc1ccc([C@H](O)COC(=O)/C=C/c2ccccc2)cc1OC. The Balaban J connectivity index is 1.91. The molecule has 0 spiro atoms. The summed E-state index contributed by atoms with van der Waals surface area (Å²) in [7, 11) is 3.05. The van der Waals surface area contributed by atoms with Crippen LogP contribution >= 0.6 is 0 Å². The number of rotatable bonds is 7. The molecule has 0 saturated heterocycles. The summed E-state index contributed by atoms with van der Waals surface area (Å²) in [5, 5.41) is 10.1. The van der Waals surface area contributed by atoms with E-state index in [9.17, 15) is 9.90 Å². The standard InChI is InChI=1S/C19H20O5/c1-22-17-10-9-15(12-18(17)23-2)16(20)13-24-19(21)11-8-14-6-4-3-5-7-14/h3-12,16,20H,13H2,1-2H3/b11-8+/t16-/m1/s1. The smallest absolute Gasteiger partial charge is 0.330 e. The Hall–Kier alpha value is -2.79. The second-order valence-electron chi connectivity index (χ2n) is 5.00. The number of benzene rings is 2. The average Bonchev–Trinajstić information content (AvgIpc) is 2.64. The molecule has 0 aromatic heterocycles. The molecule has 2 aromatic rings. The Morgan fingerprint density at radius 2 is 1.79 bits per heavy atom. The van der Waals surface area contributed by atoms with E-state index < -0.39 is 12.1 Å². The molecule has 126 valence electrons. The van der Waals surface area contributed by atoms with Gasteiger partial charge in [0.25, 0.3) is 0 Å². The molecule has 1 N–H and O–H groups in total. The van der Waals surface area contributed by atoms with Crippen molar-refractivity contribution in [1.29, 1.82) is 0 Å². The summed E-state index contributed by atoms with van der Waals surface area (Å²) >= 11 is 0. The molecule has 0 heterocycles. The number of hydrogen-bond donors (Lipinski definition) is 1. The minimum Gasteiger partial charge on any atom is -0.493 e. The van der Waals surface area contributed by atoms with Gasteiger partial charge in [-0.2, -0.15) is 0 Å². The molecule has 0 fully saturated rings. The lowest BCUT2D eigenvalue weighted by molar-refractivity contribution is -0.140. The third-order valence-corrected chi connectivity index (χ3v) is 3.39. The lowest BCUT2D eigenvalue weighted by Gasteiger charge is -2.14. The fourth-order valence-corrected chi connectivity index (χ4v) is 2.09. The normalized spacial score (nSPS) is 12.0. The van der Waals surface area contributed by atoms with Crippen molar-refractivity contribution in [3.05, 3.63) is 65.7 Å². The van der Waals surface area contributed by atoms with Gasteiger partial charge in [0.1, 0.15) is 12.7 Å². The molecule has 0 aliphatic carbocycles. The summed E-state index contributed by atoms with van der Waals surface area (Å²) in [6.45, 7) is -0.145. The van der Waals surface area contributed by atoms with Crippen LogP contribution in [0.25, 0.3) is 6.08 Å². The topological polar surface area (TPSA) is 65.0 Å². The van der Waals surface area contributed by atoms with Gasteiger partial charge in [-0.1, -0.05) is 36.4 Å². The fourth-order valence-electron chi connectivity index (χ4n) is 2.09. The first-order chi connectivity index (χ1) is 11.6. The van der Waals surface area contributed by atoms with Crippen LogP contribution in [0, 0.1) is 0 Å². The number of methoxy groups -OCH3 is 2. The van der Waals surface area contributed by atoms with E-state index in [2.05, 4.69) is 0 Å². The van der Waals surface area contributed by atoms with Crippen molar-refractivity contribution in [2.75, 3.05) is 20.8 Å². The molecule has 2 rings (SSSR count). The molecule has 0 unspecified atom stereocenters. The number of carbonyl (C=O) groups excluding carboxylic acids is 1. The predicted molar refractivity (Wildman–Crippen MR) is 90.9 cm³/mol. The van der Waals surface area contributed by atoms with Crippen LogP contribution in [-0.2, 0) is 9.53 Å². The van der Waals surface area contributed by atoms with Gasteiger partial charge in [0.15, 0.2) is 11.5 Å². The van der Waals surface area contributed by atoms with Gasteiger partial charge in [-0.3, -0.25) is 0 Å². The number of carbonyl (C=O) groups is 1. The first-order valence-electron chi connectivity index (χ1n) is 7.44. The highest BCUT2D eigenvalue weighted by Gasteiger charge is 2.13. The average molecular weight is 328 g/mol.